The first-order valence-electron chi connectivity index (χ1n) is 14.2. The molecule has 0 saturated heterocycles. The summed E-state index contributed by atoms with van der Waals surface area (Å²) >= 11 is 0. The Bertz CT molecular complexity index is 1450. The molecule has 0 spiro atoms. The highest BCUT2D eigenvalue weighted by atomic mass is 19.1. The van der Waals surface area contributed by atoms with Gasteiger partial charge >= 0.3 is 0 Å². The molecular weight excluding hydrogens is 590 g/mol. The fourth-order valence-corrected chi connectivity index (χ4v) is 3.75. The number of hydrogen-bond acceptors (Lipinski definition) is 8. The zero-order valence-corrected chi connectivity index (χ0v) is 24.9. The van der Waals surface area contributed by atoms with Crippen LogP contribution in [0.25, 0.3) is 0 Å². The molecule has 10 heteroatoms. The van der Waals surface area contributed by atoms with Crippen molar-refractivity contribution in [1.29, 1.82) is 0 Å². The predicted octanol–water partition coefficient (Wildman–Crippen LogP) is 7.00. The van der Waals surface area contributed by atoms with Gasteiger partial charge in [0.1, 0.15) is 11.5 Å². The van der Waals surface area contributed by atoms with E-state index in [2.05, 4.69) is 68.5 Å². The van der Waals surface area contributed by atoms with E-state index in [0.29, 0.717) is 12.1 Å². The number of aromatic nitrogens is 4. The molecule has 4 N–H and O–H groups in total. The van der Waals surface area contributed by atoms with Gasteiger partial charge in [-0.3, -0.25) is 19.9 Å². The summed E-state index contributed by atoms with van der Waals surface area (Å²) in [5, 5.41) is 34.3. The second-order valence-corrected chi connectivity index (χ2v) is 9.69. The number of halogens is 2. The molecule has 0 aliphatic rings. The first-order chi connectivity index (χ1) is 22.3. The lowest BCUT2D eigenvalue weighted by atomic mass is 10.1. The van der Waals surface area contributed by atoms with Gasteiger partial charge in [0.25, 0.3) is 0 Å². The Labute approximate surface area is 266 Å². The molecule has 0 amide bonds. The van der Waals surface area contributed by atoms with Gasteiger partial charge < -0.3 is 20.4 Å². The summed E-state index contributed by atoms with van der Waals surface area (Å²) in [6, 6.07) is 23.2. The molecule has 6 aromatic rings. The van der Waals surface area contributed by atoms with Crippen molar-refractivity contribution in [1.82, 2.24) is 19.9 Å². The van der Waals surface area contributed by atoms with Crippen LogP contribution < -0.4 is 0 Å². The van der Waals surface area contributed by atoms with Crippen molar-refractivity contribution in [2.45, 2.75) is 25.7 Å². The van der Waals surface area contributed by atoms with Crippen LogP contribution in [0, 0.1) is 11.6 Å². The second-order valence-electron chi connectivity index (χ2n) is 9.69. The number of benzene rings is 2. The van der Waals surface area contributed by atoms with Gasteiger partial charge in [-0.15, -0.1) is 0 Å². The molecular formula is C36H34F2N4O4. The summed E-state index contributed by atoms with van der Waals surface area (Å²) in [7, 11) is 0. The van der Waals surface area contributed by atoms with Crippen LogP contribution in [0.5, 0.6) is 23.0 Å². The number of hydrogen-bond donors (Lipinski definition) is 4. The Morgan fingerprint density at radius 3 is 0.804 bits per heavy atom. The molecule has 0 radical (unpaired) electrons. The maximum atomic E-state index is 12.2. The molecule has 8 nitrogen and oxygen atoms in total. The third-order valence-corrected chi connectivity index (χ3v) is 6.27. The minimum absolute atomic E-state index is 0.169. The van der Waals surface area contributed by atoms with Crippen molar-refractivity contribution in [3.63, 3.8) is 0 Å². The Hall–Kier alpha value is -5.90. The van der Waals surface area contributed by atoms with Crippen molar-refractivity contribution < 1.29 is 29.2 Å². The first-order valence-corrected chi connectivity index (χ1v) is 14.2. The Morgan fingerprint density at radius 2 is 0.587 bits per heavy atom. The smallest absolute Gasteiger partial charge is 0.168 e. The number of phenols is 4. The van der Waals surface area contributed by atoms with Crippen LogP contribution in [0.4, 0.5) is 8.78 Å². The lowest BCUT2D eigenvalue weighted by Crippen LogP contribution is -1.91. The molecule has 46 heavy (non-hydrogen) atoms. The van der Waals surface area contributed by atoms with Crippen molar-refractivity contribution in [2.24, 2.45) is 0 Å². The van der Waals surface area contributed by atoms with Gasteiger partial charge in [0.15, 0.2) is 23.1 Å². The third kappa shape index (κ3) is 13.6. The highest BCUT2D eigenvalue weighted by Crippen LogP contribution is 2.23. The molecule has 0 atom stereocenters. The van der Waals surface area contributed by atoms with Crippen LogP contribution in [0.15, 0.2) is 135 Å². The molecule has 2 aromatic carbocycles. The number of rotatable bonds is 6. The van der Waals surface area contributed by atoms with Crippen molar-refractivity contribution >= 4 is 0 Å². The zero-order chi connectivity index (χ0) is 33.0. The largest absolute Gasteiger partial charge is 0.508 e. The van der Waals surface area contributed by atoms with Crippen molar-refractivity contribution in [3.05, 3.63) is 168 Å². The monoisotopic (exact) mass is 624 g/mol. The van der Waals surface area contributed by atoms with Crippen LogP contribution in [0.2, 0.25) is 0 Å². The summed E-state index contributed by atoms with van der Waals surface area (Å²) in [6.07, 6.45) is 18.9. The predicted molar refractivity (Wildman–Crippen MR) is 171 cm³/mol. The lowest BCUT2D eigenvalue weighted by molar-refractivity contribution is 0.397. The Morgan fingerprint density at radius 1 is 0.370 bits per heavy atom. The van der Waals surface area contributed by atoms with Crippen LogP contribution in [0.3, 0.4) is 0 Å². The van der Waals surface area contributed by atoms with Crippen LogP contribution in [-0.4, -0.2) is 40.4 Å². The molecule has 236 valence electrons. The van der Waals surface area contributed by atoms with E-state index in [1.165, 1.54) is 46.5 Å². The van der Waals surface area contributed by atoms with E-state index in [1.807, 2.05) is 49.6 Å². The minimum atomic E-state index is -1.04. The van der Waals surface area contributed by atoms with Crippen molar-refractivity contribution in [2.75, 3.05) is 0 Å². The number of phenolic OH excluding ortho intramolecular Hbond substituents is 4. The number of nitrogens with zero attached hydrogens (tertiary/aromatic N) is 4. The second kappa shape index (κ2) is 19.4. The molecule has 0 saturated carbocycles. The van der Waals surface area contributed by atoms with Gasteiger partial charge in [0.2, 0.25) is 0 Å². The molecule has 0 bridgehead atoms. The van der Waals surface area contributed by atoms with Crippen LogP contribution in [0.1, 0.15) is 22.3 Å². The lowest BCUT2D eigenvalue weighted by Gasteiger charge is -2.00. The molecule has 0 unspecified atom stereocenters. The van der Waals surface area contributed by atoms with Gasteiger partial charge in [-0.05, 0) is 121 Å². The van der Waals surface area contributed by atoms with Gasteiger partial charge in [-0.1, -0.05) is 0 Å². The average Bonchev–Trinajstić information content (AvgIpc) is 3.10. The van der Waals surface area contributed by atoms with E-state index in [1.54, 1.807) is 0 Å². The fraction of sp³-hybridized carbons (Fsp3) is 0.111. The maximum absolute atomic E-state index is 12.2. The number of aromatic hydroxyl groups is 4. The van der Waals surface area contributed by atoms with E-state index in [-0.39, 0.29) is 11.5 Å². The maximum Gasteiger partial charge on any atom is 0.168 e. The zero-order valence-electron chi connectivity index (χ0n) is 24.9. The SMILES string of the molecule is Oc1cc(F)c(O)cc1F.Oc1ccc(O)cc1.c1cc(CCc2ccncc2)ccn1.c1cc(CCc2ccncc2)ccn1. The summed E-state index contributed by atoms with van der Waals surface area (Å²) in [6.45, 7) is 0. The van der Waals surface area contributed by atoms with E-state index >= 15 is 0 Å². The third-order valence-electron chi connectivity index (χ3n) is 6.27. The van der Waals surface area contributed by atoms with E-state index in [9.17, 15) is 8.78 Å². The average molecular weight is 625 g/mol. The highest BCUT2D eigenvalue weighted by molar-refractivity contribution is 5.32. The fourth-order valence-electron chi connectivity index (χ4n) is 3.75. The number of pyridine rings is 4. The molecule has 0 aliphatic carbocycles. The van der Waals surface area contributed by atoms with E-state index in [0.717, 1.165) is 25.7 Å². The summed E-state index contributed by atoms with van der Waals surface area (Å²) in [4.78, 5) is 16.0. The summed E-state index contributed by atoms with van der Waals surface area (Å²) < 4.78 is 24.4. The molecule has 0 aliphatic heterocycles. The molecule has 6 rings (SSSR count). The standard InChI is InChI=1S/2C12H12N2.C6H4F2O2.C6H6O2/c2*1(11-3-7-13-8-4-11)2-12-5-9-14-10-6-12;7-3-1-5(9)4(8)2-6(3)10;7-5-1-2-6(8)4-3-5/h2*3-10H,1-2H2;1-2,9-10H;1-4,7-8H. The first kappa shape index (κ1) is 34.6. The van der Waals surface area contributed by atoms with Crippen LogP contribution in [-0.2, 0) is 25.7 Å². The summed E-state index contributed by atoms with van der Waals surface area (Å²) in [5.41, 5.74) is 5.32. The quantitative estimate of drug-likeness (QED) is 0.146. The van der Waals surface area contributed by atoms with E-state index < -0.39 is 23.1 Å². The summed E-state index contributed by atoms with van der Waals surface area (Å²) in [5.74, 6) is -3.37. The Balaban J connectivity index is 0.000000171. The van der Waals surface area contributed by atoms with E-state index in [4.69, 9.17) is 20.4 Å². The van der Waals surface area contributed by atoms with Gasteiger partial charge in [-0.25, -0.2) is 8.78 Å². The molecule has 0 fully saturated rings. The topological polar surface area (TPSA) is 132 Å². The van der Waals surface area contributed by atoms with Gasteiger partial charge in [0.05, 0.1) is 0 Å². The number of aryl methyl sites for hydroxylation is 4. The van der Waals surface area contributed by atoms with Gasteiger partial charge in [0, 0.05) is 61.7 Å². The minimum Gasteiger partial charge on any atom is -0.508 e. The normalized spacial score (nSPS) is 9.78. The van der Waals surface area contributed by atoms with Gasteiger partial charge in [-0.2, -0.15) is 0 Å². The Kier molecular flexibility index (Phi) is 14.6. The van der Waals surface area contributed by atoms with Crippen LogP contribution >= 0.6 is 0 Å². The molecule has 4 heterocycles. The molecule has 4 aromatic heterocycles. The highest BCUT2D eigenvalue weighted by Gasteiger charge is 2.06. The van der Waals surface area contributed by atoms with Crippen molar-refractivity contribution in [3.8, 4) is 23.0 Å².